The second-order valence-corrected chi connectivity index (χ2v) is 5.10. The van der Waals surface area contributed by atoms with Crippen molar-refractivity contribution in [1.29, 1.82) is 5.26 Å². The van der Waals surface area contributed by atoms with Crippen LogP contribution < -0.4 is 9.64 Å². The molecule has 0 spiro atoms. The maximum atomic E-state index is 8.87. The lowest BCUT2D eigenvalue weighted by molar-refractivity contribution is 0.482. The fourth-order valence-corrected chi connectivity index (χ4v) is 2.06. The molecule has 0 saturated heterocycles. The SMILES string of the molecule is CN(C)c1cccc(Oc2ccc(C#N)c(Br)c2)c1. The van der Waals surface area contributed by atoms with E-state index >= 15 is 0 Å². The minimum absolute atomic E-state index is 0.592. The molecular formula is C15H13BrN2O. The van der Waals surface area contributed by atoms with Gasteiger partial charge in [-0.3, -0.25) is 0 Å². The van der Waals surface area contributed by atoms with Gasteiger partial charge in [0.1, 0.15) is 17.6 Å². The summed E-state index contributed by atoms with van der Waals surface area (Å²) in [6, 6.07) is 15.2. The monoisotopic (exact) mass is 316 g/mol. The van der Waals surface area contributed by atoms with Crippen molar-refractivity contribution in [3.63, 3.8) is 0 Å². The zero-order valence-corrected chi connectivity index (χ0v) is 12.3. The van der Waals surface area contributed by atoms with Gasteiger partial charge in [0.05, 0.1) is 5.56 Å². The van der Waals surface area contributed by atoms with Crippen LogP contribution in [0.25, 0.3) is 0 Å². The van der Waals surface area contributed by atoms with Crippen LogP contribution in [0.2, 0.25) is 0 Å². The average molecular weight is 317 g/mol. The molecule has 0 atom stereocenters. The summed E-state index contributed by atoms with van der Waals surface area (Å²) in [6.07, 6.45) is 0. The highest BCUT2D eigenvalue weighted by Gasteiger charge is 2.04. The van der Waals surface area contributed by atoms with E-state index in [9.17, 15) is 0 Å². The predicted octanol–water partition coefficient (Wildman–Crippen LogP) is 4.18. The smallest absolute Gasteiger partial charge is 0.129 e. The summed E-state index contributed by atoms with van der Waals surface area (Å²) < 4.78 is 6.52. The lowest BCUT2D eigenvalue weighted by Crippen LogP contribution is -2.08. The van der Waals surface area contributed by atoms with E-state index in [1.165, 1.54) is 0 Å². The molecule has 0 N–H and O–H groups in total. The summed E-state index contributed by atoms with van der Waals surface area (Å²) >= 11 is 3.35. The van der Waals surface area contributed by atoms with E-state index in [2.05, 4.69) is 22.0 Å². The number of ether oxygens (including phenoxy) is 1. The third kappa shape index (κ3) is 3.27. The van der Waals surface area contributed by atoms with E-state index < -0.39 is 0 Å². The van der Waals surface area contributed by atoms with Gasteiger partial charge in [-0.2, -0.15) is 5.26 Å². The highest BCUT2D eigenvalue weighted by Crippen LogP contribution is 2.28. The van der Waals surface area contributed by atoms with Crippen molar-refractivity contribution in [2.75, 3.05) is 19.0 Å². The van der Waals surface area contributed by atoms with Crippen LogP contribution in [0.4, 0.5) is 5.69 Å². The van der Waals surface area contributed by atoms with Gasteiger partial charge in [0.2, 0.25) is 0 Å². The number of benzene rings is 2. The highest BCUT2D eigenvalue weighted by molar-refractivity contribution is 9.10. The molecule has 4 heteroatoms. The Morgan fingerprint density at radius 2 is 1.84 bits per heavy atom. The Morgan fingerprint density at radius 3 is 2.47 bits per heavy atom. The Kier molecular flexibility index (Phi) is 4.08. The molecule has 2 rings (SSSR count). The zero-order valence-electron chi connectivity index (χ0n) is 10.7. The molecule has 0 aliphatic carbocycles. The third-order valence-electron chi connectivity index (χ3n) is 2.63. The van der Waals surface area contributed by atoms with Crippen LogP contribution in [0.3, 0.4) is 0 Å². The first-order chi connectivity index (χ1) is 9.10. The molecule has 96 valence electrons. The molecule has 19 heavy (non-hydrogen) atoms. The molecule has 0 unspecified atom stereocenters. The van der Waals surface area contributed by atoms with Gasteiger partial charge in [-0.15, -0.1) is 0 Å². The molecule has 2 aromatic carbocycles. The molecule has 0 radical (unpaired) electrons. The van der Waals surface area contributed by atoms with E-state index in [0.717, 1.165) is 15.9 Å². The number of halogens is 1. The lowest BCUT2D eigenvalue weighted by Gasteiger charge is -2.14. The van der Waals surface area contributed by atoms with Gasteiger partial charge in [-0.05, 0) is 46.3 Å². The van der Waals surface area contributed by atoms with Crippen LogP contribution in [0.1, 0.15) is 5.56 Å². The van der Waals surface area contributed by atoms with Crippen LogP contribution in [0.15, 0.2) is 46.9 Å². The third-order valence-corrected chi connectivity index (χ3v) is 3.29. The summed E-state index contributed by atoms with van der Waals surface area (Å²) in [5.41, 5.74) is 1.67. The molecule has 0 aromatic heterocycles. The van der Waals surface area contributed by atoms with E-state index in [1.54, 1.807) is 18.2 Å². The Hall–Kier alpha value is -1.99. The van der Waals surface area contributed by atoms with Crippen LogP contribution >= 0.6 is 15.9 Å². The van der Waals surface area contributed by atoms with Crippen molar-refractivity contribution in [1.82, 2.24) is 0 Å². The topological polar surface area (TPSA) is 36.3 Å². The van der Waals surface area contributed by atoms with E-state index in [0.29, 0.717) is 11.3 Å². The molecule has 3 nitrogen and oxygen atoms in total. The van der Waals surface area contributed by atoms with Crippen molar-refractivity contribution in [3.05, 3.63) is 52.5 Å². The van der Waals surface area contributed by atoms with Gasteiger partial charge in [0.25, 0.3) is 0 Å². The molecule has 0 amide bonds. The summed E-state index contributed by atoms with van der Waals surface area (Å²) in [7, 11) is 3.97. The van der Waals surface area contributed by atoms with Crippen LogP contribution in [0.5, 0.6) is 11.5 Å². The van der Waals surface area contributed by atoms with Gasteiger partial charge < -0.3 is 9.64 Å². The maximum absolute atomic E-state index is 8.87. The molecule has 0 aliphatic heterocycles. The second kappa shape index (κ2) is 5.77. The molecule has 0 aliphatic rings. The summed E-state index contributed by atoms with van der Waals surface area (Å²) in [4.78, 5) is 2.02. The van der Waals surface area contributed by atoms with E-state index in [-0.39, 0.29) is 0 Å². The first-order valence-corrected chi connectivity index (χ1v) is 6.54. The van der Waals surface area contributed by atoms with E-state index in [4.69, 9.17) is 10.00 Å². The molecule has 0 heterocycles. The fraction of sp³-hybridized carbons (Fsp3) is 0.133. The standard InChI is InChI=1S/C15H13BrN2O/c1-18(2)12-4-3-5-13(8-12)19-14-7-6-11(10-17)15(16)9-14/h3-9H,1-2H3. The maximum Gasteiger partial charge on any atom is 0.129 e. The van der Waals surface area contributed by atoms with Gasteiger partial charge in [-0.25, -0.2) is 0 Å². The molecule has 0 bridgehead atoms. The Bertz CT molecular complexity index is 632. The molecule has 0 fully saturated rings. The zero-order chi connectivity index (χ0) is 13.8. The van der Waals surface area contributed by atoms with Crippen molar-refractivity contribution < 1.29 is 4.74 Å². The molecule has 0 saturated carbocycles. The quantitative estimate of drug-likeness (QED) is 0.852. The van der Waals surface area contributed by atoms with Gasteiger partial charge in [0, 0.05) is 30.3 Å². The second-order valence-electron chi connectivity index (χ2n) is 4.25. The molecule has 2 aromatic rings. The van der Waals surface area contributed by atoms with Crippen molar-refractivity contribution in [2.24, 2.45) is 0 Å². The van der Waals surface area contributed by atoms with Gasteiger partial charge in [0.15, 0.2) is 0 Å². The first-order valence-electron chi connectivity index (χ1n) is 5.75. The average Bonchev–Trinajstić information content (AvgIpc) is 2.39. The van der Waals surface area contributed by atoms with Crippen molar-refractivity contribution in [2.45, 2.75) is 0 Å². The highest BCUT2D eigenvalue weighted by atomic mass is 79.9. The number of hydrogen-bond donors (Lipinski definition) is 0. The Labute approximate surface area is 121 Å². The van der Waals surface area contributed by atoms with Crippen LogP contribution in [-0.4, -0.2) is 14.1 Å². The largest absolute Gasteiger partial charge is 0.457 e. The van der Waals surface area contributed by atoms with E-state index in [1.807, 2.05) is 43.3 Å². The Morgan fingerprint density at radius 1 is 1.11 bits per heavy atom. The van der Waals surface area contributed by atoms with Crippen LogP contribution in [-0.2, 0) is 0 Å². The summed E-state index contributed by atoms with van der Waals surface area (Å²) in [5, 5.41) is 8.87. The Balaban J connectivity index is 2.24. The van der Waals surface area contributed by atoms with Gasteiger partial charge in [-0.1, -0.05) is 6.07 Å². The van der Waals surface area contributed by atoms with Gasteiger partial charge >= 0.3 is 0 Å². The summed E-state index contributed by atoms with van der Waals surface area (Å²) in [6.45, 7) is 0. The first kappa shape index (κ1) is 13.4. The lowest BCUT2D eigenvalue weighted by atomic mass is 10.2. The predicted molar refractivity (Wildman–Crippen MR) is 79.7 cm³/mol. The number of hydrogen-bond acceptors (Lipinski definition) is 3. The normalized spacial score (nSPS) is 9.79. The minimum atomic E-state index is 0.592. The summed E-state index contributed by atoms with van der Waals surface area (Å²) in [5.74, 6) is 1.46. The fourth-order valence-electron chi connectivity index (χ4n) is 1.61. The minimum Gasteiger partial charge on any atom is -0.457 e. The number of anilines is 1. The van der Waals surface area contributed by atoms with Crippen molar-refractivity contribution >= 4 is 21.6 Å². The number of nitrogens with zero attached hydrogens (tertiary/aromatic N) is 2. The van der Waals surface area contributed by atoms with Crippen molar-refractivity contribution in [3.8, 4) is 17.6 Å². The molecular weight excluding hydrogens is 304 g/mol. The van der Waals surface area contributed by atoms with Crippen LogP contribution in [0, 0.1) is 11.3 Å². The number of rotatable bonds is 3. The number of nitriles is 1.